The third-order valence-electron chi connectivity index (χ3n) is 9.24. The summed E-state index contributed by atoms with van der Waals surface area (Å²) in [5.74, 6) is -0.603. The molecule has 2 aromatic rings. The summed E-state index contributed by atoms with van der Waals surface area (Å²) in [7, 11) is 3.54. The Morgan fingerprint density at radius 1 is 1.09 bits per heavy atom. The summed E-state index contributed by atoms with van der Waals surface area (Å²) in [6.07, 6.45) is -2.29. The minimum atomic E-state index is -1.48. The molecule has 248 valence electrons. The van der Waals surface area contributed by atoms with Crippen LogP contribution in [-0.4, -0.2) is 78.3 Å². The van der Waals surface area contributed by atoms with Crippen molar-refractivity contribution in [3.8, 4) is 11.5 Å². The topological polar surface area (TPSA) is 130 Å². The Labute approximate surface area is 269 Å². The molecule has 0 aromatic heterocycles. The van der Waals surface area contributed by atoms with Crippen LogP contribution in [0.3, 0.4) is 0 Å². The Bertz CT molecular complexity index is 1530. The van der Waals surface area contributed by atoms with Crippen molar-refractivity contribution >= 4 is 18.1 Å². The zero-order valence-corrected chi connectivity index (χ0v) is 27.6. The smallest absolute Gasteiger partial charge is 0.493 e. The molecule has 0 saturated heterocycles. The third-order valence-corrected chi connectivity index (χ3v) is 9.24. The summed E-state index contributed by atoms with van der Waals surface area (Å²) in [6.45, 7) is 11.1. The van der Waals surface area contributed by atoms with Crippen LogP contribution in [0.1, 0.15) is 70.8 Å². The van der Waals surface area contributed by atoms with E-state index in [0.29, 0.717) is 23.5 Å². The van der Waals surface area contributed by atoms with Gasteiger partial charge < -0.3 is 38.4 Å². The summed E-state index contributed by atoms with van der Waals surface area (Å²) < 4.78 is 34.0. The van der Waals surface area contributed by atoms with Crippen molar-refractivity contribution in [3.63, 3.8) is 0 Å². The lowest BCUT2D eigenvalue weighted by Gasteiger charge is -2.56. The van der Waals surface area contributed by atoms with Crippen molar-refractivity contribution in [2.24, 2.45) is 0 Å². The van der Waals surface area contributed by atoms with E-state index in [1.165, 1.54) is 6.92 Å². The maximum atomic E-state index is 13.4. The van der Waals surface area contributed by atoms with Crippen LogP contribution in [0.4, 0.5) is 4.79 Å². The first-order valence-corrected chi connectivity index (χ1v) is 15.5. The van der Waals surface area contributed by atoms with Crippen LogP contribution < -0.4 is 9.47 Å². The van der Waals surface area contributed by atoms with Crippen LogP contribution in [0.5, 0.6) is 11.5 Å². The molecule has 46 heavy (non-hydrogen) atoms. The number of rotatable bonds is 9. The molecule has 1 aliphatic heterocycles. The Kier molecular flexibility index (Phi) is 8.87. The predicted octanol–water partition coefficient (Wildman–Crippen LogP) is 4.78. The number of hydrogen-bond donors (Lipinski definition) is 1. The van der Waals surface area contributed by atoms with Crippen LogP contribution in [0, 0.1) is 0 Å². The minimum absolute atomic E-state index is 0.199. The Hall–Kier alpha value is -4.09. The van der Waals surface area contributed by atoms with Gasteiger partial charge in [0.05, 0.1) is 18.1 Å². The molecule has 11 nitrogen and oxygen atoms in total. The Morgan fingerprint density at radius 3 is 2.41 bits per heavy atom. The molecule has 0 fully saturated rings. The van der Waals surface area contributed by atoms with Crippen molar-refractivity contribution < 1.29 is 47.9 Å². The fraction of sp³-hybridized carbons (Fsp3) is 0.514. The number of carbonyl (C=O) groups excluding carboxylic acids is 3. The van der Waals surface area contributed by atoms with Gasteiger partial charge in [-0.05, 0) is 72.3 Å². The van der Waals surface area contributed by atoms with E-state index < -0.39 is 53.0 Å². The molecule has 0 amide bonds. The lowest BCUT2D eigenvalue weighted by Crippen LogP contribution is -2.69. The highest BCUT2D eigenvalue weighted by atomic mass is 16.7. The fourth-order valence-electron chi connectivity index (χ4n) is 6.78. The number of carbonyl (C=O) groups is 3. The van der Waals surface area contributed by atoms with Gasteiger partial charge in [-0.2, -0.15) is 0 Å². The van der Waals surface area contributed by atoms with Gasteiger partial charge in [-0.25, -0.2) is 14.4 Å². The van der Waals surface area contributed by atoms with E-state index in [1.54, 1.807) is 64.3 Å². The molecule has 2 aliphatic carbocycles. The lowest BCUT2D eigenvalue weighted by atomic mass is 9.54. The van der Waals surface area contributed by atoms with Gasteiger partial charge in [-0.15, -0.1) is 0 Å². The van der Waals surface area contributed by atoms with Crippen molar-refractivity contribution in [1.29, 1.82) is 0 Å². The van der Waals surface area contributed by atoms with Crippen molar-refractivity contribution in [1.82, 2.24) is 4.90 Å². The zero-order chi connectivity index (χ0) is 33.6. The van der Waals surface area contributed by atoms with Gasteiger partial charge in [0.2, 0.25) is 6.10 Å². The number of ether oxygens (including phenoxy) is 6. The van der Waals surface area contributed by atoms with Gasteiger partial charge in [0.25, 0.3) is 0 Å². The van der Waals surface area contributed by atoms with E-state index in [1.807, 2.05) is 33.0 Å². The van der Waals surface area contributed by atoms with Gasteiger partial charge in [0, 0.05) is 23.6 Å². The van der Waals surface area contributed by atoms with Gasteiger partial charge in [-0.1, -0.05) is 43.3 Å². The summed E-state index contributed by atoms with van der Waals surface area (Å²) >= 11 is 0. The zero-order valence-electron chi connectivity index (χ0n) is 27.6. The Morgan fingerprint density at radius 2 is 1.78 bits per heavy atom. The Balaban J connectivity index is 1.38. The van der Waals surface area contributed by atoms with E-state index >= 15 is 0 Å². The van der Waals surface area contributed by atoms with Crippen LogP contribution in [-0.2, 0) is 40.4 Å². The highest BCUT2D eigenvalue weighted by Crippen LogP contribution is 2.62. The highest BCUT2D eigenvalue weighted by Gasteiger charge is 2.68. The second-order valence-electron chi connectivity index (χ2n) is 13.2. The molecule has 0 radical (unpaired) electrons. The maximum Gasteiger partial charge on any atom is 0.509 e. The average molecular weight is 638 g/mol. The number of hydrogen-bond acceptors (Lipinski definition) is 11. The first-order chi connectivity index (χ1) is 21.6. The molecule has 1 N–H and O–H groups in total. The van der Waals surface area contributed by atoms with Crippen LogP contribution in [0.25, 0.3) is 0 Å². The van der Waals surface area contributed by atoms with Gasteiger partial charge >= 0.3 is 18.1 Å². The van der Waals surface area contributed by atoms with Crippen molar-refractivity contribution in [3.05, 3.63) is 71.0 Å². The monoisotopic (exact) mass is 637 g/mol. The highest BCUT2D eigenvalue weighted by molar-refractivity contribution is 5.83. The molecule has 2 aromatic carbocycles. The van der Waals surface area contributed by atoms with Crippen molar-refractivity contribution in [2.45, 2.75) is 95.4 Å². The minimum Gasteiger partial charge on any atom is -0.493 e. The third kappa shape index (κ3) is 5.71. The number of nitrogens with zero attached hydrogens (tertiary/aromatic N) is 1. The number of likely N-dealkylation sites (N-methyl/N-ethyl adjacent to an activating group) is 1. The van der Waals surface area contributed by atoms with Crippen LogP contribution in [0.2, 0.25) is 0 Å². The second kappa shape index (κ2) is 12.3. The van der Waals surface area contributed by atoms with Crippen LogP contribution in [0.15, 0.2) is 54.3 Å². The fourth-order valence-corrected chi connectivity index (χ4v) is 6.78. The molecule has 0 spiro atoms. The van der Waals surface area contributed by atoms with E-state index in [2.05, 4.69) is 4.90 Å². The van der Waals surface area contributed by atoms with Crippen molar-refractivity contribution in [2.75, 3.05) is 20.7 Å². The molecular formula is C35H43NO10. The number of benzene rings is 2. The first kappa shape index (κ1) is 33.3. The maximum absolute atomic E-state index is 13.4. The molecule has 6 atom stereocenters. The normalized spacial score (nSPS) is 25.7. The van der Waals surface area contributed by atoms with E-state index in [9.17, 15) is 19.5 Å². The number of methoxy groups -OCH3 is 1. The molecule has 11 heteroatoms. The molecule has 5 rings (SSSR count). The summed E-state index contributed by atoms with van der Waals surface area (Å²) in [5, 5.41) is 12.4. The molecular weight excluding hydrogens is 594 g/mol. The number of esters is 2. The molecule has 0 saturated carbocycles. The number of aliphatic hydroxyl groups is 1. The molecule has 0 bridgehead atoms. The van der Waals surface area contributed by atoms with E-state index in [0.717, 1.165) is 17.7 Å². The second-order valence-corrected chi connectivity index (χ2v) is 13.2. The van der Waals surface area contributed by atoms with E-state index in [-0.39, 0.29) is 18.2 Å². The SMILES string of the molecule is CCN(C)[C@@H]1Cc2ccc(OC)c3c2[C@@]2(C)[C@@H](O3)C(OC(=O)[C@H](C)OC(=O)[C@@H](OC(=O)OC(C)(C)C)c3ccccc3)=CC[C@@]12O. The molecule has 0 unspecified atom stereocenters. The van der Waals surface area contributed by atoms with Gasteiger partial charge in [-0.3, -0.25) is 0 Å². The standard InChI is InChI=1S/C35H43NO10/c1-9-36(7)25-19-22-15-16-23(41-8)28-26(22)34(6)29(44-28)24(17-18-35(25,34)40)43-30(37)20(2)42-31(38)27(21-13-11-10-12-14-21)45-32(39)46-33(3,4)5/h10-17,20,25,27,29,40H,9,18-19H2,1-8H3/t20-,25+,27-,29-,34-,35+/m0/s1. The summed E-state index contributed by atoms with van der Waals surface area (Å²) in [5.41, 5.74) is -0.876. The summed E-state index contributed by atoms with van der Waals surface area (Å²) in [6, 6.07) is 11.9. The summed E-state index contributed by atoms with van der Waals surface area (Å²) in [4.78, 5) is 41.4. The predicted molar refractivity (Wildman–Crippen MR) is 166 cm³/mol. The van der Waals surface area contributed by atoms with Crippen LogP contribution >= 0.6 is 0 Å². The quantitative estimate of drug-likeness (QED) is 0.301. The lowest BCUT2D eigenvalue weighted by molar-refractivity contribution is -0.174. The average Bonchev–Trinajstić information content (AvgIpc) is 3.34. The molecule has 3 aliphatic rings. The van der Waals surface area contributed by atoms with Gasteiger partial charge in [0.1, 0.15) is 11.4 Å². The van der Waals surface area contributed by atoms with Gasteiger partial charge in [0.15, 0.2) is 23.7 Å². The first-order valence-electron chi connectivity index (χ1n) is 15.5. The molecule has 1 heterocycles. The van der Waals surface area contributed by atoms with E-state index in [4.69, 9.17) is 28.4 Å². The largest absolute Gasteiger partial charge is 0.509 e.